The van der Waals surface area contributed by atoms with Crippen LogP contribution in [0, 0.1) is 23.7 Å². The Bertz CT molecular complexity index is 1340. The normalized spacial score (nSPS) is 45.3. The number of nitrogens with zero attached hydrogens (tertiary/aromatic N) is 2. The topological polar surface area (TPSA) is 225 Å². The Labute approximate surface area is 357 Å². The number of rotatable bonds is 12. The van der Waals surface area contributed by atoms with Gasteiger partial charge < -0.3 is 85.5 Å². The van der Waals surface area contributed by atoms with Crippen LogP contribution in [0.2, 0.25) is 0 Å². The van der Waals surface area contributed by atoms with Gasteiger partial charge in [-0.3, -0.25) is 4.79 Å². The predicted octanol–water partition coefficient (Wildman–Crippen LogP) is -0.814. The van der Waals surface area contributed by atoms with Gasteiger partial charge in [0, 0.05) is 44.8 Å². The molecule has 17 nitrogen and oxygen atoms in total. The minimum atomic E-state index is -1.99. The van der Waals surface area contributed by atoms with Gasteiger partial charge in [0.05, 0.1) is 80.7 Å². The van der Waals surface area contributed by atoms with E-state index in [9.17, 15) is 35.5 Å². The number of carbonyl (C=O) groups is 1. The van der Waals surface area contributed by atoms with E-state index in [1.807, 2.05) is 21.0 Å². The van der Waals surface area contributed by atoms with Crippen LogP contribution in [0.3, 0.4) is 0 Å². The average molecular weight is 874 g/mol. The van der Waals surface area contributed by atoms with E-state index in [0.29, 0.717) is 19.6 Å². The zero-order valence-electron chi connectivity index (χ0n) is 37.7. The summed E-state index contributed by atoms with van der Waals surface area (Å²) in [6.07, 6.45) is -10.1. The fourth-order valence-corrected chi connectivity index (χ4v) is 9.33. The van der Waals surface area contributed by atoms with Crippen LogP contribution in [0.15, 0.2) is 5.16 Å². The van der Waals surface area contributed by atoms with E-state index in [4.69, 9.17) is 37.9 Å². The van der Waals surface area contributed by atoms with Crippen molar-refractivity contribution in [3.8, 4) is 0 Å². The molecule has 0 aromatic carbocycles. The Morgan fingerprint density at radius 2 is 1.53 bits per heavy atom. The van der Waals surface area contributed by atoms with Gasteiger partial charge in [-0.05, 0) is 54.4 Å². The first-order valence-electron chi connectivity index (χ1n) is 20.8. The molecule has 3 saturated heterocycles. The number of esters is 1. The molecule has 18 heteroatoms. The maximum absolute atomic E-state index is 14.3. The maximum atomic E-state index is 14.3. The minimum absolute atomic E-state index is 0. The number of quaternary nitrogens is 1. The van der Waals surface area contributed by atoms with Crippen molar-refractivity contribution in [2.75, 3.05) is 48.3 Å². The summed E-state index contributed by atoms with van der Waals surface area (Å²) in [5.74, 6) is -4.38. The van der Waals surface area contributed by atoms with Gasteiger partial charge in [-0.1, -0.05) is 32.9 Å². The summed E-state index contributed by atoms with van der Waals surface area (Å²) in [4.78, 5) is 14.3. The summed E-state index contributed by atoms with van der Waals surface area (Å²) < 4.78 is 49.0. The number of ether oxygens (including phenoxy) is 8. The highest BCUT2D eigenvalue weighted by molar-refractivity contribution is 5.88. The molecular formula is C41H77ClN2O15. The first kappa shape index (κ1) is 53.8. The lowest BCUT2D eigenvalue weighted by molar-refractivity contribution is -0.939. The molecule has 0 amide bonds. The average Bonchev–Trinajstić information content (AvgIpc) is 3.15. The third-order valence-electron chi connectivity index (χ3n) is 13.1. The lowest BCUT2D eigenvalue weighted by Gasteiger charge is -2.50. The third-order valence-corrected chi connectivity index (χ3v) is 13.1. The van der Waals surface area contributed by atoms with Gasteiger partial charge in [-0.2, -0.15) is 0 Å². The van der Waals surface area contributed by atoms with Crippen LogP contribution in [0.25, 0.3) is 0 Å². The number of aliphatic hydroxyl groups excluding tert-OH is 3. The van der Waals surface area contributed by atoms with Crippen molar-refractivity contribution in [2.24, 2.45) is 28.8 Å². The van der Waals surface area contributed by atoms with Crippen molar-refractivity contribution >= 4 is 11.7 Å². The van der Waals surface area contributed by atoms with Crippen LogP contribution in [-0.2, 0) is 42.7 Å². The van der Waals surface area contributed by atoms with E-state index in [2.05, 4.69) is 5.16 Å². The van der Waals surface area contributed by atoms with Crippen LogP contribution in [0.1, 0.15) is 94.9 Å². The number of cyclic esters (lactones) is 1. The van der Waals surface area contributed by atoms with Crippen molar-refractivity contribution < 1.29 is 90.3 Å². The summed E-state index contributed by atoms with van der Waals surface area (Å²) in [5.41, 5.74) is -4.78. The van der Waals surface area contributed by atoms with Crippen LogP contribution in [-0.4, -0.2) is 179 Å². The quantitative estimate of drug-likeness (QED) is 0.0352. The third kappa shape index (κ3) is 12.5. The zero-order valence-corrected chi connectivity index (χ0v) is 38.5. The molecular weight excluding hydrogens is 796 g/mol. The summed E-state index contributed by atoms with van der Waals surface area (Å²) in [6.45, 7) is 17.6. The molecule has 0 aromatic rings. The number of methoxy groups -OCH3 is 2. The molecule has 348 valence electrons. The summed E-state index contributed by atoms with van der Waals surface area (Å²) in [7, 11) is 6.96. The summed E-state index contributed by atoms with van der Waals surface area (Å²) in [5, 5.41) is 72.9. The lowest BCUT2D eigenvalue weighted by Crippen LogP contribution is -3.00. The Morgan fingerprint density at radius 1 is 0.898 bits per heavy atom. The fourth-order valence-electron chi connectivity index (χ4n) is 9.33. The molecule has 0 spiro atoms. The van der Waals surface area contributed by atoms with Crippen LogP contribution in [0.5, 0.6) is 0 Å². The first-order chi connectivity index (χ1) is 26.8. The highest BCUT2D eigenvalue weighted by atomic mass is 35.5. The van der Waals surface area contributed by atoms with Crippen molar-refractivity contribution in [3.63, 3.8) is 0 Å². The monoisotopic (exact) mass is 873 g/mol. The maximum Gasteiger partial charge on any atom is 0.311 e. The second-order valence-electron chi connectivity index (χ2n) is 18.4. The number of oxime groups is 1. The Kier molecular flexibility index (Phi) is 20.0. The Morgan fingerprint density at radius 3 is 2.08 bits per heavy atom. The summed E-state index contributed by atoms with van der Waals surface area (Å²) in [6, 6.07) is -0.417. The van der Waals surface area contributed by atoms with Gasteiger partial charge in [0.15, 0.2) is 25.4 Å². The zero-order chi connectivity index (χ0) is 44.1. The molecule has 3 fully saturated rings. The van der Waals surface area contributed by atoms with Crippen molar-refractivity contribution in [2.45, 2.75) is 179 Å². The van der Waals surface area contributed by atoms with E-state index < -0.39 is 108 Å². The Hall–Kier alpha value is -1.29. The van der Waals surface area contributed by atoms with Gasteiger partial charge in [-0.25, -0.2) is 0 Å². The van der Waals surface area contributed by atoms with Gasteiger partial charge in [-0.15, -0.1) is 0 Å². The van der Waals surface area contributed by atoms with Gasteiger partial charge in [0.25, 0.3) is 0 Å². The van der Waals surface area contributed by atoms with Gasteiger partial charge in [0.1, 0.15) is 23.9 Å². The molecule has 3 aliphatic rings. The van der Waals surface area contributed by atoms with Crippen molar-refractivity contribution in [1.29, 1.82) is 0 Å². The fraction of sp³-hybridized carbons (Fsp3) is 0.951. The predicted molar refractivity (Wildman–Crippen MR) is 212 cm³/mol. The molecule has 0 aromatic heterocycles. The van der Waals surface area contributed by atoms with Crippen LogP contribution in [0.4, 0.5) is 0 Å². The largest absolute Gasteiger partial charge is 1.00 e. The van der Waals surface area contributed by atoms with Crippen LogP contribution >= 0.6 is 0 Å². The first-order valence-corrected chi connectivity index (χ1v) is 20.8. The van der Waals surface area contributed by atoms with E-state index in [0.717, 1.165) is 0 Å². The smallest absolute Gasteiger partial charge is 0.311 e. The van der Waals surface area contributed by atoms with E-state index in [-0.39, 0.29) is 54.7 Å². The number of hydrogen-bond acceptors (Lipinski definition) is 16. The number of aliphatic hydroxyl groups is 5. The molecule has 18 atom stereocenters. The van der Waals surface area contributed by atoms with Gasteiger partial charge >= 0.3 is 5.97 Å². The van der Waals surface area contributed by atoms with Crippen molar-refractivity contribution in [3.05, 3.63) is 0 Å². The highest BCUT2D eigenvalue weighted by Crippen LogP contribution is 2.41. The molecule has 6 N–H and O–H groups in total. The molecule has 0 saturated carbocycles. The molecule has 0 unspecified atom stereocenters. The number of likely N-dealkylation sites (N-methyl/N-ethyl adjacent to an activating group) is 1. The lowest BCUT2D eigenvalue weighted by atomic mass is 9.73. The van der Waals surface area contributed by atoms with Crippen LogP contribution < -0.4 is 12.4 Å². The Balaban J connectivity index is 0.0000120. The SMILES string of the molecule is CC[C@H]1OC(=O)[C@H](C)[C@@H](O[C@H]2C[C@@](C)(OC)[C@@H](O)[C@H](C)O2)[C@H](C)[C@@H](O[C@@H]2O[C@H](C)C[C@H]([N+](C)(C)COCCOC)[C@H]2O)[C@](C)(O)C[C@@H](C)/C(=N\O)[C@H](C)[C@@H](O)[C@]1(C)O.[Cl-]. The van der Waals surface area contributed by atoms with E-state index in [1.165, 1.54) is 14.0 Å². The number of carbonyl (C=O) groups excluding carboxylic acids is 1. The van der Waals surface area contributed by atoms with E-state index >= 15 is 0 Å². The minimum Gasteiger partial charge on any atom is -1.00 e. The number of hydrogen-bond donors (Lipinski definition) is 6. The molecule has 0 aliphatic carbocycles. The highest BCUT2D eigenvalue weighted by Gasteiger charge is 2.54. The summed E-state index contributed by atoms with van der Waals surface area (Å²) >= 11 is 0. The second-order valence-corrected chi connectivity index (χ2v) is 18.4. The molecule has 3 heterocycles. The molecule has 3 rings (SSSR count). The molecule has 0 bridgehead atoms. The molecule has 3 aliphatic heterocycles. The second kappa shape index (κ2) is 21.9. The van der Waals surface area contributed by atoms with Gasteiger partial charge in [0.2, 0.25) is 0 Å². The standard InChI is InChI=1S/C41H76N2O15.ClH/c1-15-29-41(10,49)34(45)24(4)31(42-50)22(2)19-39(8,48)36(58-38-32(44)28(18-23(3)54-38)43(11,12)21-53-17-16-51-13)25(5)33(26(6)37(47)56-29)57-30-20-40(9,52-14)35(46)27(7)55-30;/h22-30,32-36,38,44-46,48-49H,15-21H2,1-14H3;1H/b42-31+;/t22-,23-,24+,25+,26-,27+,28+,29-,30+,32-,33+,34-,35+,36-,38+,39-,40-,41-;/m1./s1. The molecule has 59 heavy (non-hydrogen) atoms. The number of halogens is 1. The van der Waals surface area contributed by atoms with E-state index in [1.54, 1.807) is 62.5 Å². The van der Waals surface area contributed by atoms with Crippen molar-refractivity contribution in [1.82, 2.24) is 0 Å². The molecule has 0 radical (unpaired) electrons.